The third-order valence-corrected chi connectivity index (χ3v) is 6.18. The van der Waals surface area contributed by atoms with E-state index in [2.05, 4.69) is 0 Å². The van der Waals surface area contributed by atoms with Gasteiger partial charge >= 0.3 is 5.97 Å². The Morgan fingerprint density at radius 2 is 2.18 bits per heavy atom. The van der Waals surface area contributed by atoms with Crippen LogP contribution in [0, 0.1) is 11.8 Å². The van der Waals surface area contributed by atoms with E-state index in [9.17, 15) is 23.1 Å². The van der Waals surface area contributed by atoms with E-state index < -0.39 is 28.1 Å². The second kappa shape index (κ2) is 5.24. The number of carbonyl (C=O) groups excluding carboxylic acids is 1. The number of rotatable bonds is 4. The molecule has 0 unspecified atom stereocenters. The first kappa shape index (κ1) is 15.8. The highest BCUT2D eigenvalue weighted by molar-refractivity contribution is 7.99. The van der Waals surface area contributed by atoms with Gasteiger partial charge in [0.1, 0.15) is 5.70 Å². The summed E-state index contributed by atoms with van der Waals surface area (Å²) in [6.07, 6.45) is 0.817. The summed E-state index contributed by atoms with van der Waals surface area (Å²) in [7, 11) is -3.66. The monoisotopic (exact) mass is 347 g/mol. The number of aliphatic carboxylic acids is 1. The van der Waals surface area contributed by atoms with Gasteiger partial charge in [-0.25, -0.2) is 4.79 Å². The molecule has 7 nitrogen and oxygen atoms in total. The van der Waals surface area contributed by atoms with Crippen LogP contribution in [0.15, 0.2) is 11.3 Å². The number of amides is 1. The summed E-state index contributed by atoms with van der Waals surface area (Å²) in [5.41, 5.74) is 0.918. The average molecular weight is 347 g/mol. The zero-order valence-electron chi connectivity index (χ0n) is 12.2. The molecule has 0 aromatic rings. The lowest BCUT2D eigenvalue weighted by molar-refractivity contribution is -0.161. The normalized spacial score (nSPS) is 32.4. The van der Waals surface area contributed by atoms with Gasteiger partial charge < -0.3 is 10.0 Å². The van der Waals surface area contributed by atoms with Gasteiger partial charge in [-0.1, -0.05) is 0 Å². The Kier molecular flexibility index (Phi) is 3.77. The topological polar surface area (TPSA) is 101 Å². The molecule has 1 amide bonds. The van der Waals surface area contributed by atoms with Crippen LogP contribution in [0.1, 0.15) is 13.3 Å². The van der Waals surface area contributed by atoms with E-state index >= 15 is 0 Å². The van der Waals surface area contributed by atoms with Crippen molar-refractivity contribution in [1.82, 2.24) is 4.90 Å². The fourth-order valence-corrected chi connectivity index (χ4v) is 5.56. The highest BCUT2D eigenvalue weighted by Crippen LogP contribution is 2.51. The first-order valence-electron chi connectivity index (χ1n) is 6.98. The predicted octanol–water partition coefficient (Wildman–Crippen LogP) is 0.284. The van der Waals surface area contributed by atoms with Gasteiger partial charge in [0.25, 0.3) is 10.1 Å². The highest BCUT2D eigenvalue weighted by atomic mass is 32.2. The lowest BCUT2D eigenvalue weighted by Gasteiger charge is -2.47. The number of hydrogen-bond donors (Lipinski definition) is 1. The zero-order chi connectivity index (χ0) is 16.2. The van der Waals surface area contributed by atoms with Gasteiger partial charge in [0.05, 0.1) is 24.3 Å². The Morgan fingerprint density at radius 3 is 2.77 bits per heavy atom. The number of carboxylic acids is 1. The van der Waals surface area contributed by atoms with Crippen molar-refractivity contribution >= 4 is 33.8 Å². The van der Waals surface area contributed by atoms with Crippen molar-refractivity contribution in [3.8, 4) is 0 Å². The van der Waals surface area contributed by atoms with Gasteiger partial charge in [0.15, 0.2) is 0 Å². The van der Waals surface area contributed by atoms with E-state index in [0.29, 0.717) is 6.42 Å². The van der Waals surface area contributed by atoms with Gasteiger partial charge in [0.2, 0.25) is 5.91 Å². The van der Waals surface area contributed by atoms with Crippen LogP contribution in [-0.4, -0.2) is 60.2 Å². The molecule has 0 aromatic carbocycles. The van der Waals surface area contributed by atoms with Crippen molar-refractivity contribution in [2.75, 3.05) is 17.8 Å². The molecule has 0 saturated carbocycles. The molecule has 0 aromatic heterocycles. The number of carbonyl (C=O) groups is 2. The minimum atomic E-state index is -3.66. The third kappa shape index (κ3) is 2.35. The smallest absolute Gasteiger partial charge is 0.352 e. The standard InChI is InChI=1S/C13H17NO6S2/c1-6(20-22(2,18)19)9-10-8-5-21-4-3-7(8)11(13(16)17)14(10)12(9)15/h6,8-10H,3-5H2,1-2H3,(H,16,17)/t6-,8-,9-,10-/m1/s1. The first-order chi connectivity index (χ1) is 10.2. The van der Waals surface area contributed by atoms with Crippen LogP contribution in [0.25, 0.3) is 0 Å². The molecule has 0 radical (unpaired) electrons. The largest absolute Gasteiger partial charge is 0.477 e. The maximum absolute atomic E-state index is 12.4. The molecular weight excluding hydrogens is 330 g/mol. The summed E-state index contributed by atoms with van der Waals surface area (Å²) in [4.78, 5) is 25.2. The third-order valence-electron chi connectivity index (χ3n) is 4.44. The summed E-state index contributed by atoms with van der Waals surface area (Å²) in [5.74, 6) is -0.466. The summed E-state index contributed by atoms with van der Waals surface area (Å²) in [6, 6.07) is -0.293. The molecular formula is C13H17NO6S2. The number of hydrogen-bond acceptors (Lipinski definition) is 6. The van der Waals surface area contributed by atoms with Gasteiger partial charge in [-0.05, 0) is 24.7 Å². The molecule has 2 saturated heterocycles. The summed E-state index contributed by atoms with van der Waals surface area (Å²) in [6.45, 7) is 1.55. The van der Waals surface area contributed by atoms with Crippen molar-refractivity contribution in [2.45, 2.75) is 25.5 Å². The Hall–Kier alpha value is -1.06. The summed E-state index contributed by atoms with van der Waals surface area (Å²) in [5, 5.41) is 9.42. The number of thioether (sulfide) groups is 1. The molecule has 0 spiro atoms. The first-order valence-corrected chi connectivity index (χ1v) is 9.95. The fraction of sp³-hybridized carbons (Fsp3) is 0.692. The molecule has 3 rings (SSSR count). The molecule has 4 atom stereocenters. The average Bonchev–Trinajstić information content (AvgIpc) is 2.68. The van der Waals surface area contributed by atoms with Crippen LogP contribution >= 0.6 is 11.8 Å². The Balaban J connectivity index is 1.90. The van der Waals surface area contributed by atoms with Crippen LogP contribution in [0.2, 0.25) is 0 Å². The molecule has 0 bridgehead atoms. The van der Waals surface area contributed by atoms with Gasteiger partial charge in [-0.3, -0.25) is 8.98 Å². The maximum Gasteiger partial charge on any atom is 0.352 e. The minimum absolute atomic E-state index is 0.0156. The van der Waals surface area contributed by atoms with Crippen LogP contribution in [0.5, 0.6) is 0 Å². The molecule has 22 heavy (non-hydrogen) atoms. The van der Waals surface area contributed by atoms with Crippen LogP contribution in [-0.2, 0) is 23.9 Å². The lowest BCUT2D eigenvalue weighted by Crippen LogP contribution is -2.64. The lowest BCUT2D eigenvalue weighted by atomic mass is 9.77. The van der Waals surface area contributed by atoms with E-state index in [0.717, 1.165) is 23.3 Å². The predicted molar refractivity (Wildman–Crippen MR) is 79.6 cm³/mol. The number of fused-ring (bicyclic) bond motifs is 3. The fourth-order valence-electron chi connectivity index (χ4n) is 3.71. The molecule has 3 heterocycles. The van der Waals surface area contributed by atoms with Gasteiger partial charge in [-0.15, -0.1) is 0 Å². The molecule has 3 aliphatic heterocycles. The highest BCUT2D eigenvalue weighted by Gasteiger charge is 2.61. The Morgan fingerprint density at radius 1 is 1.50 bits per heavy atom. The summed E-state index contributed by atoms with van der Waals surface area (Å²) < 4.78 is 27.5. The van der Waals surface area contributed by atoms with Crippen molar-refractivity contribution in [3.63, 3.8) is 0 Å². The van der Waals surface area contributed by atoms with E-state index in [4.69, 9.17) is 4.18 Å². The van der Waals surface area contributed by atoms with Crippen molar-refractivity contribution < 1.29 is 27.3 Å². The van der Waals surface area contributed by atoms with Crippen LogP contribution in [0.4, 0.5) is 0 Å². The van der Waals surface area contributed by atoms with E-state index in [1.165, 1.54) is 4.90 Å². The number of β-lactam (4-membered cyclic amide) rings is 1. The molecule has 2 fully saturated rings. The van der Waals surface area contributed by atoms with Crippen LogP contribution in [0.3, 0.4) is 0 Å². The summed E-state index contributed by atoms with van der Waals surface area (Å²) >= 11 is 1.73. The molecule has 122 valence electrons. The Bertz CT molecular complexity index is 670. The van der Waals surface area contributed by atoms with E-state index in [1.54, 1.807) is 18.7 Å². The molecule has 9 heteroatoms. The SMILES string of the molecule is C[C@@H](OS(C)(=O)=O)[C@H]1C(=O)N2C(C(=O)O)=C3CCSC[C@H]3[C@H]12. The van der Waals surface area contributed by atoms with Gasteiger partial charge in [0, 0.05) is 11.7 Å². The van der Waals surface area contributed by atoms with E-state index in [-0.39, 0.29) is 23.6 Å². The Labute approximate surface area is 132 Å². The van der Waals surface area contributed by atoms with Gasteiger partial charge in [-0.2, -0.15) is 20.2 Å². The number of nitrogens with zero attached hydrogens (tertiary/aromatic N) is 1. The quantitative estimate of drug-likeness (QED) is 0.576. The van der Waals surface area contributed by atoms with Crippen molar-refractivity contribution in [1.29, 1.82) is 0 Å². The molecule has 1 N–H and O–H groups in total. The van der Waals surface area contributed by atoms with Crippen LogP contribution < -0.4 is 0 Å². The van der Waals surface area contributed by atoms with Crippen molar-refractivity contribution in [2.24, 2.45) is 11.8 Å². The minimum Gasteiger partial charge on any atom is -0.477 e. The number of carboxylic acid groups (broad SMARTS) is 1. The molecule has 3 aliphatic rings. The zero-order valence-corrected chi connectivity index (χ0v) is 13.8. The maximum atomic E-state index is 12.4. The second-order valence-corrected chi connectivity index (χ2v) is 8.59. The molecule has 0 aliphatic carbocycles. The van der Waals surface area contributed by atoms with Crippen molar-refractivity contribution in [3.05, 3.63) is 11.3 Å². The van der Waals surface area contributed by atoms with E-state index in [1.807, 2.05) is 0 Å². The second-order valence-electron chi connectivity index (χ2n) is 5.84.